The van der Waals surface area contributed by atoms with E-state index in [1.165, 1.54) is 43.5 Å². The molecule has 0 radical (unpaired) electrons. The molecule has 2 saturated heterocycles. The van der Waals surface area contributed by atoms with Crippen molar-refractivity contribution in [2.75, 3.05) is 59.4 Å². The molecule has 2 N–H and O–H groups in total. The normalized spacial score (nSPS) is 20.2. The molecule has 0 aromatic heterocycles. The van der Waals surface area contributed by atoms with Crippen LogP contribution >= 0.6 is 24.0 Å². The van der Waals surface area contributed by atoms with Crippen LogP contribution in [0.25, 0.3) is 0 Å². The number of hydrogen-bond acceptors (Lipinski definition) is 4. The Kier molecular flexibility index (Phi) is 12.1. The minimum atomic E-state index is 0. The number of benzene rings is 1. The number of nitrogens with zero attached hydrogens (tertiary/aromatic N) is 4. The molecule has 0 aliphatic carbocycles. The van der Waals surface area contributed by atoms with E-state index in [4.69, 9.17) is 4.99 Å². The summed E-state index contributed by atoms with van der Waals surface area (Å²) in [4.78, 5) is 12.4. The van der Waals surface area contributed by atoms with Crippen molar-refractivity contribution in [2.24, 2.45) is 4.99 Å². The highest BCUT2D eigenvalue weighted by atomic mass is 127. The van der Waals surface area contributed by atoms with Gasteiger partial charge in [0.05, 0.1) is 6.54 Å². The van der Waals surface area contributed by atoms with Gasteiger partial charge in [0.2, 0.25) is 0 Å². The van der Waals surface area contributed by atoms with Gasteiger partial charge in [0, 0.05) is 51.9 Å². The topological polar surface area (TPSA) is 46.1 Å². The second-order valence-electron chi connectivity index (χ2n) is 8.92. The molecule has 2 heterocycles. The van der Waals surface area contributed by atoms with Gasteiger partial charge in [-0.25, -0.2) is 4.99 Å². The summed E-state index contributed by atoms with van der Waals surface area (Å²) in [6, 6.07) is 9.53. The van der Waals surface area contributed by atoms with Crippen LogP contribution in [0.5, 0.6) is 0 Å². The molecule has 0 amide bonds. The molecule has 1 atom stereocenters. The maximum absolute atomic E-state index is 4.82. The minimum Gasteiger partial charge on any atom is -0.357 e. The standard InChI is InChI=1S/C24H42N6.HI/c1-4-25-24(26-18-21(2)30-16-14-28(3)15-17-30)27-19-22-8-10-23(11-9-22)20-29-12-6-5-7-13-29;/h8-11,21H,4-7,12-20H2,1-3H3,(H2,25,26,27);1H. The molecule has 1 aromatic rings. The number of rotatable bonds is 8. The molecule has 0 spiro atoms. The first-order valence-corrected chi connectivity index (χ1v) is 11.9. The number of nitrogens with one attached hydrogen (secondary N) is 2. The molecule has 3 rings (SSSR count). The number of likely N-dealkylation sites (tertiary alicyclic amines) is 1. The van der Waals surface area contributed by atoms with Gasteiger partial charge in [-0.3, -0.25) is 9.80 Å². The second kappa shape index (κ2) is 14.3. The molecular weight excluding hydrogens is 499 g/mol. The van der Waals surface area contributed by atoms with Crippen LogP contribution in [-0.2, 0) is 13.1 Å². The van der Waals surface area contributed by atoms with Gasteiger partial charge in [-0.2, -0.15) is 0 Å². The Labute approximate surface area is 206 Å². The zero-order chi connectivity index (χ0) is 21.2. The van der Waals surface area contributed by atoms with Gasteiger partial charge in [0.15, 0.2) is 5.96 Å². The zero-order valence-corrected chi connectivity index (χ0v) is 22.1. The third-order valence-corrected chi connectivity index (χ3v) is 6.37. The summed E-state index contributed by atoms with van der Waals surface area (Å²) in [5.41, 5.74) is 2.68. The SMILES string of the molecule is CCNC(=NCc1ccc(CN2CCCCC2)cc1)NCC(C)N1CCN(C)CC1.I. The van der Waals surface area contributed by atoms with Crippen molar-refractivity contribution in [1.82, 2.24) is 25.3 Å². The van der Waals surface area contributed by atoms with Gasteiger partial charge in [-0.15, -0.1) is 24.0 Å². The number of halogens is 1. The quantitative estimate of drug-likeness (QED) is 0.301. The Morgan fingerprint density at radius 2 is 1.58 bits per heavy atom. The van der Waals surface area contributed by atoms with Crippen LogP contribution in [0.3, 0.4) is 0 Å². The lowest BCUT2D eigenvalue weighted by Gasteiger charge is -2.36. The van der Waals surface area contributed by atoms with Crippen molar-refractivity contribution in [3.05, 3.63) is 35.4 Å². The van der Waals surface area contributed by atoms with Gasteiger partial charge in [0.1, 0.15) is 0 Å². The molecular formula is C24H43IN6. The summed E-state index contributed by atoms with van der Waals surface area (Å²) in [5.74, 6) is 0.913. The molecule has 7 heteroatoms. The zero-order valence-electron chi connectivity index (χ0n) is 19.8. The van der Waals surface area contributed by atoms with Crippen LogP contribution in [0.2, 0.25) is 0 Å². The average molecular weight is 543 g/mol. The van der Waals surface area contributed by atoms with Crippen LogP contribution in [0, 0.1) is 0 Å². The number of likely N-dealkylation sites (N-methyl/N-ethyl adjacent to an activating group) is 1. The molecule has 2 aliphatic heterocycles. The van der Waals surface area contributed by atoms with E-state index >= 15 is 0 Å². The van der Waals surface area contributed by atoms with Gasteiger partial charge in [-0.1, -0.05) is 30.7 Å². The van der Waals surface area contributed by atoms with E-state index in [2.05, 4.69) is 70.5 Å². The van der Waals surface area contributed by atoms with Crippen molar-refractivity contribution in [1.29, 1.82) is 0 Å². The summed E-state index contributed by atoms with van der Waals surface area (Å²) < 4.78 is 0. The Morgan fingerprint density at radius 1 is 0.935 bits per heavy atom. The van der Waals surface area contributed by atoms with Crippen LogP contribution in [0.1, 0.15) is 44.2 Å². The van der Waals surface area contributed by atoms with Crippen LogP contribution < -0.4 is 10.6 Å². The predicted molar refractivity (Wildman–Crippen MR) is 142 cm³/mol. The van der Waals surface area contributed by atoms with Crippen molar-refractivity contribution >= 4 is 29.9 Å². The summed E-state index contributed by atoms with van der Waals surface area (Å²) >= 11 is 0. The predicted octanol–water partition coefficient (Wildman–Crippen LogP) is 2.98. The molecule has 176 valence electrons. The summed E-state index contributed by atoms with van der Waals surface area (Å²) in [6.45, 7) is 15.1. The fourth-order valence-electron chi connectivity index (χ4n) is 4.27. The van der Waals surface area contributed by atoms with E-state index in [0.29, 0.717) is 12.6 Å². The van der Waals surface area contributed by atoms with Crippen molar-refractivity contribution < 1.29 is 0 Å². The molecule has 31 heavy (non-hydrogen) atoms. The highest BCUT2D eigenvalue weighted by molar-refractivity contribution is 14.0. The highest BCUT2D eigenvalue weighted by Gasteiger charge is 2.19. The number of hydrogen-bond donors (Lipinski definition) is 2. The fraction of sp³-hybridized carbons (Fsp3) is 0.708. The first kappa shape index (κ1) is 26.4. The highest BCUT2D eigenvalue weighted by Crippen LogP contribution is 2.14. The summed E-state index contributed by atoms with van der Waals surface area (Å²) in [6.07, 6.45) is 4.09. The van der Waals surface area contributed by atoms with Crippen molar-refractivity contribution in [3.8, 4) is 0 Å². The van der Waals surface area contributed by atoms with E-state index in [1.807, 2.05) is 0 Å². The molecule has 6 nitrogen and oxygen atoms in total. The second-order valence-corrected chi connectivity index (χ2v) is 8.92. The lowest BCUT2D eigenvalue weighted by molar-refractivity contribution is 0.120. The Bertz CT molecular complexity index is 636. The number of aliphatic imine (C=N–C) groups is 1. The van der Waals surface area contributed by atoms with Crippen LogP contribution in [0.15, 0.2) is 29.3 Å². The summed E-state index contributed by atoms with van der Waals surface area (Å²) in [5, 5.41) is 6.93. The average Bonchev–Trinajstić information content (AvgIpc) is 2.77. The van der Waals surface area contributed by atoms with Crippen molar-refractivity contribution in [3.63, 3.8) is 0 Å². The van der Waals surface area contributed by atoms with E-state index in [0.717, 1.165) is 51.8 Å². The maximum Gasteiger partial charge on any atom is 0.191 e. The van der Waals surface area contributed by atoms with Gasteiger partial charge in [-0.05, 0) is 58.0 Å². The third-order valence-electron chi connectivity index (χ3n) is 6.37. The lowest BCUT2D eigenvalue weighted by atomic mass is 10.1. The van der Waals surface area contributed by atoms with E-state index < -0.39 is 0 Å². The molecule has 0 bridgehead atoms. The van der Waals surface area contributed by atoms with Gasteiger partial charge >= 0.3 is 0 Å². The first-order chi connectivity index (χ1) is 14.6. The summed E-state index contributed by atoms with van der Waals surface area (Å²) in [7, 11) is 2.20. The first-order valence-electron chi connectivity index (χ1n) is 11.9. The Hall–Kier alpha value is -0.900. The smallest absolute Gasteiger partial charge is 0.191 e. The van der Waals surface area contributed by atoms with Gasteiger partial charge in [0.25, 0.3) is 0 Å². The largest absolute Gasteiger partial charge is 0.357 e. The van der Waals surface area contributed by atoms with Gasteiger partial charge < -0.3 is 15.5 Å². The monoisotopic (exact) mass is 542 g/mol. The fourth-order valence-corrected chi connectivity index (χ4v) is 4.27. The third kappa shape index (κ3) is 9.24. The molecule has 1 unspecified atom stereocenters. The maximum atomic E-state index is 4.82. The Morgan fingerprint density at radius 3 is 2.23 bits per heavy atom. The molecule has 1 aromatic carbocycles. The molecule has 0 saturated carbocycles. The van der Waals surface area contributed by atoms with E-state index in [-0.39, 0.29) is 24.0 Å². The number of piperidine rings is 1. The van der Waals surface area contributed by atoms with Crippen LogP contribution in [-0.4, -0.2) is 86.1 Å². The molecule has 2 aliphatic rings. The minimum absolute atomic E-state index is 0. The van der Waals surface area contributed by atoms with E-state index in [1.54, 1.807) is 0 Å². The number of piperazine rings is 1. The van der Waals surface area contributed by atoms with Crippen molar-refractivity contribution in [2.45, 2.75) is 52.2 Å². The van der Waals surface area contributed by atoms with Crippen LogP contribution in [0.4, 0.5) is 0 Å². The lowest BCUT2D eigenvalue weighted by Crippen LogP contribution is -2.52. The molecule has 2 fully saturated rings. The number of guanidine groups is 1. The van der Waals surface area contributed by atoms with E-state index in [9.17, 15) is 0 Å². The Balaban J connectivity index is 0.00000341.